The largest absolute Gasteiger partial charge is 0.459 e. The van der Waals surface area contributed by atoms with Crippen molar-refractivity contribution in [3.8, 4) is 0 Å². The molecule has 0 aromatic heterocycles. The van der Waals surface area contributed by atoms with Crippen LogP contribution < -0.4 is 0 Å². The lowest BCUT2D eigenvalue weighted by atomic mass is 9.52. The first kappa shape index (κ1) is 15.8. The molecule has 0 heterocycles. The van der Waals surface area contributed by atoms with Crippen LogP contribution in [0.1, 0.15) is 66.2 Å². The summed E-state index contributed by atoms with van der Waals surface area (Å²) < 4.78 is 11.8. The number of hydrogen-bond acceptors (Lipinski definition) is 4. The Balaban J connectivity index is 1.79. The van der Waals surface area contributed by atoms with Crippen LogP contribution in [-0.4, -0.2) is 23.1 Å². The molecule has 3 unspecified atom stereocenters. The van der Waals surface area contributed by atoms with Crippen molar-refractivity contribution in [2.24, 2.45) is 23.7 Å². The first-order chi connectivity index (χ1) is 10.2. The molecule has 4 bridgehead atoms. The third-order valence-electron chi connectivity index (χ3n) is 6.00. The summed E-state index contributed by atoms with van der Waals surface area (Å²) in [6, 6.07) is 0. The third-order valence-corrected chi connectivity index (χ3v) is 6.00. The second kappa shape index (κ2) is 5.24. The van der Waals surface area contributed by atoms with Crippen LogP contribution in [0.15, 0.2) is 0 Å². The predicted molar refractivity (Wildman–Crippen MR) is 82.0 cm³/mol. The molecule has 0 N–H and O–H groups in total. The van der Waals surface area contributed by atoms with Gasteiger partial charge in [-0.1, -0.05) is 20.8 Å². The standard InChI is InChI=1S/C18H28O4/c1-11(2)12(3)16(20)22-18-8-14-5-15(9-18)7-17(6-14,10-18)21-13(4)19/h11-12,14-15H,5-10H2,1-4H3. The van der Waals surface area contributed by atoms with Crippen LogP contribution >= 0.6 is 0 Å². The van der Waals surface area contributed by atoms with E-state index in [1.165, 1.54) is 13.3 Å². The summed E-state index contributed by atoms with van der Waals surface area (Å²) in [5, 5.41) is 0. The maximum absolute atomic E-state index is 12.5. The van der Waals surface area contributed by atoms with E-state index in [-0.39, 0.29) is 35.0 Å². The fourth-order valence-corrected chi connectivity index (χ4v) is 5.22. The van der Waals surface area contributed by atoms with Crippen LogP contribution in [0.25, 0.3) is 0 Å². The highest BCUT2D eigenvalue weighted by molar-refractivity contribution is 5.73. The van der Waals surface area contributed by atoms with E-state index in [4.69, 9.17) is 9.47 Å². The predicted octanol–water partition coefficient (Wildman–Crippen LogP) is 3.48. The number of hydrogen-bond donors (Lipinski definition) is 0. The van der Waals surface area contributed by atoms with E-state index in [1.54, 1.807) is 0 Å². The van der Waals surface area contributed by atoms with Gasteiger partial charge in [-0.05, 0) is 49.9 Å². The Hall–Kier alpha value is -1.06. The van der Waals surface area contributed by atoms with Gasteiger partial charge in [0.15, 0.2) is 0 Å². The minimum absolute atomic E-state index is 0.0855. The quantitative estimate of drug-likeness (QED) is 0.746. The molecule has 4 saturated carbocycles. The summed E-state index contributed by atoms with van der Waals surface area (Å²) in [7, 11) is 0. The zero-order valence-corrected chi connectivity index (χ0v) is 14.2. The maximum atomic E-state index is 12.5. The van der Waals surface area contributed by atoms with Crippen molar-refractivity contribution >= 4 is 11.9 Å². The van der Waals surface area contributed by atoms with Crippen molar-refractivity contribution in [2.75, 3.05) is 0 Å². The van der Waals surface area contributed by atoms with Crippen molar-refractivity contribution in [1.29, 1.82) is 0 Å². The number of carbonyl (C=O) groups is 2. The smallest absolute Gasteiger partial charge is 0.309 e. The van der Waals surface area contributed by atoms with Gasteiger partial charge in [0.05, 0.1) is 5.92 Å². The van der Waals surface area contributed by atoms with Crippen molar-refractivity contribution in [3.05, 3.63) is 0 Å². The topological polar surface area (TPSA) is 52.6 Å². The molecule has 22 heavy (non-hydrogen) atoms. The number of carbonyl (C=O) groups excluding carboxylic acids is 2. The summed E-state index contributed by atoms with van der Waals surface area (Å²) >= 11 is 0. The normalized spacial score (nSPS) is 40.6. The van der Waals surface area contributed by atoms with Crippen LogP contribution in [0.3, 0.4) is 0 Å². The zero-order chi connectivity index (χ0) is 16.1. The monoisotopic (exact) mass is 308 g/mol. The lowest BCUT2D eigenvalue weighted by molar-refractivity contribution is -0.232. The van der Waals surface area contributed by atoms with E-state index in [2.05, 4.69) is 0 Å². The van der Waals surface area contributed by atoms with Gasteiger partial charge in [-0.3, -0.25) is 9.59 Å². The summed E-state index contributed by atoms with van der Waals surface area (Å²) in [6.45, 7) is 7.52. The lowest BCUT2D eigenvalue weighted by Crippen LogP contribution is -2.62. The molecule has 0 aromatic carbocycles. The zero-order valence-electron chi connectivity index (χ0n) is 14.2. The van der Waals surface area contributed by atoms with Gasteiger partial charge in [-0.25, -0.2) is 0 Å². The van der Waals surface area contributed by atoms with Gasteiger partial charge < -0.3 is 9.47 Å². The minimum Gasteiger partial charge on any atom is -0.459 e. The van der Waals surface area contributed by atoms with Gasteiger partial charge in [0.25, 0.3) is 0 Å². The number of ether oxygens (including phenoxy) is 2. The Labute approximate surface area is 132 Å². The highest BCUT2D eigenvalue weighted by Crippen LogP contribution is 2.60. The molecule has 0 spiro atoms. The van der Waals surface area contributed by atoms with Gasteiger partial charge in [0.2, 0.25) is 0 Å². The molecule has 4 aliphatic rings. The Morgan fingerprint density at radius 3 is 1.91 bits per heavy atom. The van der Waals surface area contributed by atoms with Gasteiger partial charge in [0, 0.05) is 13.3 Å². The van der Waals surface area contributed by atoms with Crippen LogP contribution in [-0.2, 0) is 19.1 Å². The van der Waals surface area contributed by atoms with Crippen molar-refractivity contribution in [2.45, 2.75) is 77.4 Å². The molecule has 4 aliphatic carbocycles. The minimum atomic E-state index is -0.389. The van der Waals surface area contributed by atoms with Crippen molar-refractivity contribution < 1.29 is 19.1 Å². The molecule has 4 nitrogen and oxygen atoms in total. The van der Waals surface area contributed by atoms with E-state index in [1.807, 2.05) is 20.8 Å². The Morgan fingerprint density at radius 1 is 0.955 bits per heavy atom. The van der Waals surface area contributed by atoms with Crippen LogP contribution in [0.5, 0.6) is 0 Å². The fraction of sp³-hybridized carbons (Fsp3) is 0.889. The molecule has 3 atom stereocenters. The van der Waals surface area contributed by atoms with E-state index in [0.29, 0.717) is 18.3 Å². The maximum Gasteiger partial charge on any atom is 0.309 e. The average Bonchev–Trinajstić information content (AvgIpc) is 2.33. The van der Waals surface area contributed by atoms with Crippen molar-refractivity contribution in [3.63, 3.8) is 0 Å². The first-order valence-corrected chi connectivity index (χ1v) is 8.65. The number of rotatable bonds is 4. The third kappa shape index (κ3) is 2.77. The van der Waals surface area contributed by atoms with Crippen molar-refractivity contribution in [1.82, 2.24) is 0 Å². The fourth-order valence-electron chi connectivity index (χ4n) is 5.22. The van der Waals surface area contributed by atoms with E-state index < -0.39 is 0 Å². The van der Waals surface area contributed by atoms with Gasteiger partial charge in [-0.15, -0.1) is 0 Å². The first-order valence-electron chi connectivity index (χ1n) is 8.65. The second-order valence-electron chi connectivity index (χ2n) is 8.37. The van der Waals surface area contributed by atoms with E-state index in [9.17, 15) is 9.59 Å². The molecule has 0 amide bonds. The highest BCUT2D eigenvalue weighted by atomic mass is 16.6. The molecule has 0 aliphatic heterocycles. The molecule has 0 aromatic rings. The Kier molecular flexibility index (Phi) is 3.77. The summed E-state index contributed by atoms with van der Waals surface area (Å²) in [4.78, 5) is 24.0. The van der Waals surface area contributed by atoms with E-state index >= 15 is 0 Å². The number of esters is 2. The highest BCUT2D eigenvalue weighted by Gasteiger charge is 2.61. The summed E-state index contributed by atoms with van der Waals surface area (Å²) in [5.74, 6) is 0.959. The molecule has 4 fully saturated rings. The van der Waals surface area contributed by atoms with Gasteiger partial charge >= 0.3 is 11.9 Å². The van der Waals surface area contributed by atoms with Gasteiger partial charge in [0.1, 0.15) is 11.2 Å². The summed E-state index contributed by atoms with van der Waals surface area (Å²) in [5.41, 5.74) is -0.767. The van der Waals surface area contributed by atoms with Crippen LogP contribution in [0, 0.1) is 23.7 Å². The molecule has 0 radical (unpaired) electrons. The van der Waals surface area contributed by atoms with E-state index in [0.717, 1.165) is 25.7 Å². The molecular formula is C18H28O4. The SMILES string of the molecule is CC(=O)OC12CC3CC(C1)CC(OC(=O)C(C)C(C)C)(C3)C2. The molecule has 4 rings (SSSR count). The lowest BCUT2D eigenvalue weighted by Gasteiger charge is -2.60. The molecule has 124 valence electrons. The molecule has 4 heteroatoms. The summed E-state index contributed by atoms with van der Waals surface area (Å²) in [6.07, 6.45) is 5.68. The molecular weight excluding hydrogens is 280 g/mol. The second-order valence-corrected chi connectivity index (χ2v) is 8.37. The van der Waals surface area contributed by atoms with Crippen LogP contribution in [0.4, 0.5) is 0 Å². The van der Waals surface area contributed by atoms with Gasteiger partial charge in [-0.2, -0.15) is 0 Å². The Bertz CT molecular complexity index is 467. The average molecular weight is 308 g/mol. The molecule has 0 saturated heterocycles. The Morgan fingerprint density at radius 2 is 1.45 bits per heavy atom. The van der Waals surface area contributed by atoms with Crippen LogP contribution in [0.2, 0.25) is 0 Å².